The Bertz CT molecular complexity index is 495. The molecule has 106 valence electrons. The molecule has 0 saturated carbocycles. The number of amides is 1. The molecule has 0 spiro atoms. The van der Waals surface area contributed by atoms with Crippen LogP contribution in [0.3, 0.4) is 0 Å². The number of nitrogens with two attached hydrogens (primary N) is 1. The van der Waals surface area contributed by atoms with Crippen molar-refractivity contribution in [1.29, 1.82) is 0 Å². The Kier molecular flexibility index (Phi) is 3.54. The van der Waals surface area contributed by atoms with E-state index in [0.717, 1.165) is 31.0 Å². The van der Waals surface area contributed by atoms with Gasteiger partial charge in [-0.15, -0.1) is 0 Å². The number of hydrogen-bond donors (Lipinski definition) is 2. The maximum atomic E-state index is 11.6. The molecule has 2 heterocycles. The number of nitrogens with zero attached hydrogens (tertiary/aromatic N) is 3. The molecule has 1 fully saturated rings. The summed E-state index contributed by atoms with van der Waals surface area (Å²) in [6.07, 6.45) is 0.797. The molecular weight excluding hydrogens is 242 g/mol. The van der Waals surface area contributed by atoms with Gasteiger partial charge >= 0.3 is 0 Å². The number of rotatable bonds is 4. The maximum Gasteiger partial charge on any atom is 0.225 e. The Balaban J connectivity index is 2.31. The van der Waals surface area contributed by atoms with Gasteiger partial charge in [0.05, 0.1) is 11.1 Å². The molecule has 1 aliphatic heterocycles. The fourth-order valence-corrected chi connectivity index (χ4v) is 2.81. The van der Waals surface area contributed by atoms with Crippen molar-refractivity contribution in [3.8, 4) is 0 Å². The third kappa shape index (κ3) is 2.32. The van der Waals surface area contributed by atoms with Crippen molar-refractivity contribution in [3.63, 3.8) is 0 Å². The second-order valence-electron chi connectivity index (χ2n) is 5.64. The molecule has 1 aromatic heterocycles. The van der Waals surface area contributed by atoms with Gasteiger partial charge in [0.15, 0.2) is 0 Å². The number of aryl methyl sites for hydroxylation is 2. The van der Waals surface area contributed by atoms with Crippen molar-refractivity contribution < 1.29 is 4.79 Å². The normalized spacial score (nSPS) is 23.1. The first kappa shape index (κ1) is 13.9. The molecule has 1 unspecified atom stereocenters. The summed E-state index contributed by atoms with van der Waals surface area (Å²) in [5.41, 5.74) is 7.30. The largest absolute Gasteiger partial charge is 0.369 e. The lowest BCUT2D eigenvalue weighted by Gasteiger charge is -2.23. The van der Waals surface area contributed by atoms with Crippen LogP contribution in [0, 0.1) is 12.3 Å². The van der Waals surface area contributed by atoms with Gasteiger partial charge in [-0.25, -0.2) is 0 Å². The van der Waals surface area contributed by atoms with E-state index in [0.29, 0.717) is 6.54 Å². The lowest BCUT2D eigenvalue weighted by molar-refractivity contribution is -0.125. The van der Waals surface area contributed by atoms with Crippen LogP contribution in [-0.2, 0) is 18.4 Å². The van der Waals surface area contributed by atoms with Gasteiger partial charge in [0.25, 0.3) is 0 Å². The van der Waals surface area contributed by atoms with Gasteiger partial charge in [-0.1, -0.05) is 0 Å². The number of primary amides is 1. The molecule has 0 radical (unpaired) electrons. The van der Waals surface area contributed by atoms with Crippen LogP contribution in [0.5, 0.6) is 0 Å². The third-order valence-corrected chi connectivity index (χ3v) is 4.03. The van der Waals surface area contributed by atoms with Gasteiger partial charge in [0.2, 0.25) is 5.91 Å². The van der Waals surface area contributed by atoms with Gasteiger partial charge < -0.3 is 16.0 Å². The van der Waals surface area contributed by atoms with Gasteiger partial charge in [-0.05, 0) is 27.3 Å². The second-order valence-corrected chi connectivity index (χ2v) is 5.64. The first-order valence-corrected chi connectivity index (χ1v) is 6.61. The molecular formula is C13H23N5O. The quantitative estimate of drug-likeness (QED) is 0.812. The Morgan fingerprint density at radius 2 is 2.26 bits per heavy atom. The van der Waals surface area contributed by atoms with Crippen LogP contribution >= 0.6 is 0 Å². The van der Waals surface area contributed by atoms with Gasteiger partial charge in [0.1, 0.15) is 5.82 Å². The Hall–Kier alpha value is -1.56. The maximum absolute atomic E-state index is 11.6. The first-order valence-electron chi connectivity index (χ1n) is 6.61. The second kappa shape index (κ2) is 4.85. The number of carbonyl (C=O) groups is 1. The zero-order valence-corrected chi connectivity index (χ0v) is 12.2. The van der Waals surface area contributed by atoms with Crippen LogP contribution in [-0.4, -0.2) is 35.8 Å². The Morgan fingerprint density at radius 3 is 2.79 bits per heavy atom. The van der Waals surface area contributed by atoms with E-state index < -0.39 is 5.41 Å². The van der Waals surface area contributed by atoms with Gasteiger partial charge in [-0.2, -0.15) is 5.10 Å². The summed E-state index contributed by atoms with van der Waals surface area (Å²) in [7, 11) is 3.87. The average Bonchev–Trinajstić information content (AvgIpc) is 2.83. The fraction of sp³-hybridized carbons (Fsp3) is 0.692. The Morgan fingerprint density at radius 1 is 1.58 bits per heavy atom. The van der Waals surface area contributed by atoms with Crippen molar-refractivity contribution in [2.45, 2.75) is 26.8 Å². The van der Waals surface area contributed by atoms with Crippen LogP contribution in [0.15, 0.2) is 0 Å². The summed E-state index contributed by atoms with van der Waals surface area (Å²) in [5, 5.41) is 7.66. The van der Waals surface area contributed by atoms with Crippen molar-refractivity contribution in [2.75, 3.05) is 25.0 Å². The van der Waals surface area contributed by atoms with Gasteiger partial charge in [-0.3, -0.25) is 9.48 Å². The minimum atomic E-state index is -0.435. The summed E-state index contributed by atoms with van der Waals surface area (Å²) >= 11 is 0. The van der Waals surface area contributed by atoms with Crippen molar-refractivity contribution in [3.05, 3.63) is 11.3 Å². The predicted molar refractivity (Wildman–Crippen MR) is 74.8 cm³/mol. The van der Waals surface area contributed by atoms with E-state index in [9.17, 15) is 4.79 Å². The van der Waals surface area contributed by atoms with Crippen molar-refractivity contribution >= 4 is 11.7 Å². The van der Waals surface area contributed by atoms with E-state index in [-0.39, 0.29) is 5.91 Å². The summed E-state index contributed by atoms with van der Waals surface area (Å²) < 4.78 is 1.90. The highest BCUT2D eigenvalue weighted by Crippen LogP contribution is 2.35. The number of hydrogen-bond acceptors (Lipinski definition) is 4. The molecule has 1 aliphatic rings. The van der Waals surface area contributed by atoms with Crippen molar-refractivity contribution in [2.24, 2.45) is 18.2 Å². The highest BCUT2D eigenvalue weighted by Gasteiger charge is 2.40. The third-order valence-electron chi connectivity index (χ3n) is 4.03. The van der Waals surface area contributed by atoms with E-state index in [1.165, 1.54) is 5.56 Å². The standard InChI is InChI=1S/C13H23N5O/c1-9-10(7-15-3)11(17(4)16-9)18-6-5-13(2,8-18)12(14)19/h15H,5-8H2,1-4H3,(H2,14,19). The van der Waals surface area contributed by atoms with Crippen LogP contribution in [0.25, 0.3) is 0 Å². The zero-order valence-electron chi connectivity index (χ0n) is 12.2. The molecule has 0 aliphatic carbocycles. The average molecular weight is 265 g/mol. The molecule has 1 atom stereocenters. The Labute approximate surface area is 113 Å². The first-order chi connectivity index (χ1) is 8.89. The number of nitrogens with one attached hydrogen (secondary N) is 1. The number of anilines is 1. The molecule has 6 heteroatoms. The van der Waals surface area contributed by atoms with E-state index in [1.54, 1.807) is 0 Å². The van der Waals surface area contributed by atoms with E-state index in [4.69, 9.17) is 5.73 Å². The molecule has 19 heavy (non-hydrogen) atoms. The van der Waals surface area contributed by atoms with E-state index in [1.807, 2.05) is 32.6 Å². The molecule has 0 bridgehead atoms. The minimum absolute atomic E-state index is 0.218. The molecule has 1 saturated heterocycles. The lowest BCUT2D eigenvalue weighted by Crippen LogP contribution is -2.37. The topological polar surface area (TPSA) is 76.2 Å². The van der Waals surface area contributed by atoms with Crippen LogP contribution < -0.4 is 16.0 Å². The number of aromatic nitrogens is 2. The van der Waals surface area contributed by atoms with E-state index in [2.05, 4.69) is 15.3 Å². The van der Waals surface area contributed by atoms with Crippen LogP contribution in [0.2, 0.25) is 0 Å². The van der Waals surface area contributed by atoms with E-state index >= 15 is 0 Å². The molecule has 2 rings (SSSR count). The monoisotopic (exact) mass is 265 g/mol. The molecule has 3 N–H and O–H groups in total. The lowest BCUT2D eigenvalue weighted by atomic mass is 9.89. The summed E-state index contributed by atoms with van der Waals surface area (Å²) in [6.45, 7) is 6.24. The smallest absolute Gasteiger partial charge is 0.225 e. The SMILES string of the molecule is CNCc1c(C)nn(C)c1N1CCC(C)(C(N)=O)C1. The van der Waals surface area contributed by atoms with Crippen molar-refractivity contribution in [1.82, 2.24) is 15.1 Å². The molecule has 0 aromatic carbocycles. The minimum Gasteiger partial charge on any atom is -0.369 e. The molecule has 6 nitrogen and oxygen atoms in total. The summed E-state index contributed by atoms with van der Waals surface area (Å²) in [6, 6.07) is 0. The zero-order chi connectivity index (χ0) is 14.2. The fourth-order valence-electron chi connectivity index (χ4n) is 2.81. The molecule has 1 aromatic rings. The summed E-state index contributed by atoms with van der Waals surface area (Å²) in [4.78, 5) is 13.8. The van der Waals surface area contributed by atoms with Gasteiger partial charge in [0, 0.05) is 32.2 Å². The van der Waals surface area contributed by atoms with Crippen LogP contribution in [0.1, 0.15) is 24.6 Å². The predicted octanol–water partition coefficient (Wildman–Crippen LogP) is 0.150. The molecule has 1 amide bonds. The highest BCUT2D eigenvalue weighted by atomic mass is 16.1. The number of carbonyl (C=O) groups excluding carboxylic acids is 1. The summed E-state index contributed by atoms with van der Waals surface area (Å²) in [5.74, 6) is 0.876. The highest BCUT2D eigenvalue weighted by molar-refractivity contribution is 5.82. The van der Waals surface area contributed by atoms with Crippen LogP contribution in [0.4, 0.5) is 5.82 Å².